The zero-order valence-corrected chi connectivity index (χ0v) is 24.7. The lowest BCUT2D eigenvalue weighted by atomic mass is 9.74. The molecule has 4 fully saturated rings. The van der Waals surface area contributed by atoms with Gasteiger partial charge in [0.2, 0.25) is 0 Å². The first kappa shape index (κ1) is 31.1. The number of hydrogen-bond acceptors (Lipinski definition) is 8. The quantitative estimate of drug-likeness (QED) is 0.163. The molecule has 0 heterocycles. The van der Waals surface area contributed by atoms with E-state index in [9.17, 15) is 14.7 Å². The Morgan fingerprint density at radius 2 is 1.33 bits per heavy atom. The Morgan fingerprint density at radius 1 is 0.718 bits per heavy atom. The lowest BCUT2D eigenvalue weighted by molar-refractivity contribution is -0.339. The van der Waals surface area contributed by atoms with Crippen molar-refractivity contribution in [2.45, 2.75) is 126 Å². The van der Waals surface area contributed by atoms with E-state index in [2.05, 4.69) is 30.5 Å². The van der Waals surface area contributed by atoms with Crippen LogP contribution in [0.5, 0.6) is 0 Å². The van der Waals surface area contributed by atoms with Crippen molar-refractivity contribution >= 4 is 23.7 Å². The van der Waals surface area contributed by atoms with Crippen molar-refractivity contribution in [2.75, 3.05) is 13.2 Å². The fraction of sp³-hybridized carbons (Fsp3) is 0.933. The summed E-state index contributed by atoms with van der Waals surface area (Å²) in [5, 5.41) is 19.7. The predicted molar refractivity (Wildman–Crippen MR) is 149 cm³/mol. The SMILES string of the molecule is CC1CCC(COO)C(COOC2CCC(SC3CCC(OC(=O)C4CC(C)CCC4C(=O)O)CC3)CC2)C1. The lowest BCUT2D eigenvalue weighted by Crippen LogP contribution is -2.38. The first-order valence-corrected chi connectivity index (χ1v) is 16.4. The van der Waals surface area contributed by atoms with Crippen LogP contribution in [0.25, 0.3) is 0 Å². The molecule has 0 aliphatic heterocycles. The summed E-state index contributed by atoms with van der Waals surface area (Å²) in [5.74, 6) is -0.506. The Morgan fingerprint density at radius 3 is 1.97 bits per heavy atom. The number of hydrogen-bond donors (Lipinski definition) is 2. The molecule has 224 valence electrons. The first-order valence-electron chi connectivity index (χ1n) is 15.5. The molecule has 0 amide bonds. The monoisotopic (exact) mass is 570 g/mol. The minimum absolute atomic E-state index is 0.0713. The summed E-state index contributed by atoms with van der Waals surface area (Å²) in [6.45, 7) is 5.31. The molecule has 6 atom stereocenters. The molecule has 0 bridgehead atoms. The van der Waals surface area contributed by atoms with Gasteiger partial charge in [-0.15, -0.1) is 0 Å². The van der Waals surface area contributed by atoms with E-state index >= 15 is 0 Å². The molecule has 0 radical (unpaired) electrons. The predicted octanol–water partition coefficient (Wildman–Crippen LogP) is 6.51. The van der Waals surface area contributed by atoms with Crippen LogP contribution in [-0.4, -0.2) is 58.2 Å². The Hall–Kier alpha value is -0.870. The highest BCUT2D eigenvalue weighted by Gasteiger charge is 2.40. The summed E-state index contributed by atoms with van der Waals surface area (Å²) in [7, 11) is 0. The molecular formula is C30H50O8S. The second kappa shape index (κ2) is 15.4. The summed E-state index contributed by atoms with van der Waals surface area (Å²) >= 11 is 2.10. The molecule has 0 aromatic carbocycles. The van der Waals surface area contributed by atoms with Crippen molar-refractivity contribution < 1.29 is 39.4 Å². The van der Waals surface area contributed by atoms with E-state index in [0.717, 1.165) is 70.6 Å². The molecule has 0 spiro atoms. The van der Waals surface area contributed by atoms with Crippen molar-refractivity contribution in [1.29, 1.82) is 0 Å². The molecular weight excluding hydrogens is 520 g/mol. The molecule has 2 N–H and O–H groups in total. The van der Waals surface area contributed by atoms with Gasteiger partial charge in [-0.25, -0.2) is 14.7 Å². The van der Waals surface area contributed by atoms with E-state index in [1.54, 1.807) is 0 Å². The molecule has 8 nitrogen and oxygen atoms in total. The van der Waals surface area contributed by atoms with Crippen LogP contribution >= 0.6 is 11.8 Å². The van der Waals surface area contributed by atoms with E-state index in [0.29, 0.717) is 60.2 Å². The number of thioether (sulfide) groups is 1. The standard InChI is InChI=1S/C30H50O8S/c1-19-3-5-21(17-35-34)22(15-19)18-36-38-24-8-12-26(13-9-24)39-25-10-6-23(7-11-25)37-30(33)28-16-20(2)4-14-27(28)29(31)32/h19-28,34H,3-18H2,1-2H3,(H,31,32). The van der Waals surface area contributed by atoms with Gasteiger partial charge in [-0.1, -0.05) is 20.3 Å². The molecule has 0 aromatic heterocycles. The molecule has 4 aliphatic carbocycles. The maximum Gasteiger partial charge on any atom is 0.310 e. The van der Waals surface area contributed by atoms with Gasteiger partial charge in [0.05, 0.1) is 31.2 Å². The van der Waals surface area contributed by atoms with Crippen LogP contribution < -0.4 is 0 Å². The normalized spacial score (nSPS) is 39.7. The highest BCUT2D eigenvalue weighted by atomic mass is 32.2. The van der Waals surface area contributed by atoms with Gasteiger partial charge in [-0.05, 0) is 107 Å². The van der Waals surface area contributed by atoms with Gasteiger partial charge in [0.1, 0.15) is 6.10 Å². The second-order valence-corrected chi connectivity index (χ2v) is 14.6. The summed E-state index contributed by atoms with van der Waals surface area (Å²) in [6, 6.07) is 0. The van der Waals surface area contributed by atoms with E-state index in [1.807, 2.05) is 0 Å². The molecule has 4 aliphatic rings. The van der Waals surface area contributed by atoms with E-state index in [-0.39, 0.29) is 18.2 Å². The minimum Gasteiger partial charge on any atom is -0.481 e. The van der Waals surface area contributed by atoms with Gasteiger partial charge in [0.25, 0.3) is 0 Å². The number of carboxylic acids is 1. The van der Waals surface area contributed by atoms with Crippen LogP contribution in [0, 0.1) is 35.5 Å². The molecule has 0 saturated heterocycles. The van der Waals surface area contributed by atoms with E-state index < -0.39 is 17.8 Å². The van der Waals surface area contributed by atoms with Crippen LogP contribution in [0.3, 0.4) is 0 Å². The van der Waals surface area contributed by atoms with Crippen LogP contribution in [-0.2, 0) is 29.0 Å². The minimum atomic E-state index is -0.865. The number of carboxylic acid groups (broad SMARTS) is 1. The summed E-state index contributed by atoms with van der Waals surface area (Å²) < 4.78 is 5.86. The molecule has 0 aromatic rings. The Kier molecular flexibility index (Phi) is 12.3. The van der Waals surface area contributed by atoms with E-state index in [1.165, 1.54) is 6.42 Å². The van der Waals surface area contributed by atoms with Crippen molar-refractivity contribution in [2.24, 2.45) is 35.5 Å². The fourth-order valence-corrected chi connectivity index (χ4v) is 8.95. The summed E-state index contributed by atoms with van der Waals surface area (Å²) in [4.78, 5) is 40.5. The summed E-state index contributed by atoms with van der Waals surface area (Å²) in [6.07, 6.45) is 13.6. The molecule has 6 unspecified atom stereocenters. The Labute approximate surface area is 238 Å². The molecule has 39 heavy (non-hydrogen) atoms. The third-order valence-corrected chi connectivity index (χ3v) is 11.5. The third-order valence-electron chi connectivity index (χ3n) is 9.82. The van der Waals surface area contributed by atoms with Gasteiger partial charge >= 0.3 is 11.9 Å². The molecule has 9 heteroatoms. The average molecular weight is 571 g/mol. The first-order chi connectivity index (χ1) is 18.8. The number of rotatable bonds is 11. The van der Waals surface area contributed by atoms with Gasteiger partial charge in [-0.2, -0.15) is 11.8 Å². The Bertz CT molecular complexity index is 764. The van der Waals surface area contributed by atoms with Gasteiger partial charge in [-0.3, -0.25) is 14.8 Å². The maximum absolute atomic E-state index is 12.9. The molecule has 4 rings (SSSR count). The smallest absolute Gasteiger partial charge is 0.310 e. The van der Waals surface area contributed by atoms with Gasteiger partial charge < -0.3 is 9.84 Å². The molecule has 4 saturated carbocycles. The second-order valence-electron chi connectivity index (χ2n) is 13.0. The average Bonchev–Trinajstić information content (AvgIpc) is 2.92. The zero-order valence-electron chi connectivity index (χ0n) is 23.8. The Balaban J connectivity index is 1.10. The number of carbonyl (C=O) groups is 2. The van der Waals surface area contributed by atoms with Crippen LogP contribution in [0.1, 0.15) is 104 Å². The number of ether oxygens (including phenoxy) is 1. The topological polar surface area (TPSA) is 112 Å². The van der Waals surface area contributed by atoms with Crippen molar-refractivity contribution in [3.8, 4) is 0 Å². The van der Waals surface area contributed by atoms with Crippen molar-refractivity contribution in [3.05, 3.63) is 0 Å². The van der Waals surface area contributed by atoms with Crippen molar-refractivity contribution in [3.63, 3.8) is 0 Å². The summed E-state index contributed by atoms with van der Waals surface area (Å²) in [5.41, 5.74) is 0. The fourth-order valence-electron chi connectivity index (χ4n) is 7.32. The lowest BCUT2D eigenvalue weighted by Gasteiger charge is -2.35. The third kappa shape index (κ3) is 9.32. The maximum atomic E-state index is 12.9. The van der Waals surface area contributed by atoms with Gasteiger partial charge in [0.15, 0.2) is 0 Å². The van der Waals surface area contributed by atoms with Crippen LogP contribution in [0.2, 0.25) is 0 Å². The van der Waals surface area contributed by atoms with Gasteiger partial charge in [0, 0.05) is 10.5 Å². The van der Waals surface area contributed by atoms with Crippen LogP contribution in [0.4, 0.5) is 0 Å². The highest BCUT2D eigenvalue weighted by molar-refractivity contribution is 8.00. The highest BCUT2D eigenvalue weighted by Crippen LogP contribution is 2.40. The van der Waals surface area contributed by atoms with Crippen LogP contribution in [0.15, 0.2) is 0 Å². The zero-order chi connectivity index (χ0) is 27.8. The number of aliphatic carboxylic acids is 1. The van der Waals surface area contributed by atoms with E-state index in [4.69, 9.17) is 19.8 Å². The largest absolute Gasteiger partial charge is 0.481 e. The number of carbonyl (C=O) groups excluding carboxylic acids is 1. The van der Waals surface area contributed by atoms with Crippen molar-refractivity contribution in [1.82, 2.24) is 0 Å². The number of esters is 1.